The molecule has 0 saturated carbocycles. The van der Waals surface area contributed by atoms with Crippen LogP contribution >= 0.6 is 0 Å². The molecule has 0 N–H and O–H groups in total. The van der Waals surface area contributed by atoms with Crippen LogP contribution in [0.1, 0.15) is 56.5 Å². The predicted octanol–water partition coefficient (Wildman–Crippen LogP) is 4.05. The highest BCUT2D eigenvalue weighted by molar-refractivity contribution is 5.99. The number of carbonyl (C=O) groups excluding carboxylic acids is 1. The molecule has 1 rings (SSSR count). The summed E-state index contributed by atoms with van der Waals surface area (Å²) in [5.41, 5.74) is 2.00. The molecule has 18 heavy (non-hydrogen) atoms. The summed E-state index contributed by atoms with van der Waals surface area (Å²) < 4.78 is 5.55. The van der Waals surface area contributed by atoms with Crippen LogP contribution in [0, 0.1) is 5.92 Å². The second-order valence-electron chi connectivity index (χ2n) is 5.26. The fourth-order valence-corrected chi connectivity index (χ4v) is 1.95. The first kappa shape index (κ1) is 14.9. The Hall–Kier alpha value is -1.15. The van der Waals surface area contributed by atoms with E-state index in [0.29, 0.717) is 12.5 Å². The molecule has 2 heteroatoms. The van der Waals surface area contributed by atoms with Gasteiger partial charge < -0.3 is 4.74 Å². The van der Waals surface area contributed by atoms with Crippen LogP contribution in [0.3, 0.4) is 0 Å². The maximum absolute atomic E-state index is 12.3. The first-order valence-electron chi connectivity index (χ1n) is 6.73. The molecule has 2 nitrogen and oxygen atoms in total. The van der Waals surface area contributed by atoms with Gasteiger partial charge in [0.1, 0.15) is 6.10 Å². The van der Waals surface area contributed by atoms with Gasteiger partial charge in [-0.15, -0.1) is 0 Å². The minimum Gasteiger partial charge on any atom is -0.370 e. The standard InChI is InChI=1S/C16H24O2/c1-6-18-16(12(4)5)15(17)14-9-7-13(8-10-14)11(2)3/h7-12,16H,6H2,1-5H3. The Kier molecular flexibility index (Phi) is 5.54. The molecule has 0 spiro atoms. The smallest absolute Gasteiger partial charge is 0.191 e. The van der Waals surface area contributed by atoms with E-state index in [4.69, 9.17) is 4.74 Å². The van der Waals surface area contributed by atoms with E-state index in [0.717, 1.165) is 5.56 Å². The number of benzene rings is 1. The molecule has 100 valence electrons. The van der Waals surface area contributed by atoms with Crippen LogP contribution in [0.4, 0.5) is 0 Å². The van der Waals surface area contributed by atoms with Crippen molar-refractivity contribution < 1.29 is 9.53 Å². The second-order valence-corrected chi connectivity index (χ2v) is 5.26. The third kappa shape index (κ3) is 3.67. The van der Waals surface area contributed by atoms with E-state index in [1.165, 1.54) is 5.56 Å². The predicted molar refractivity (Wildman–Crippen MR) is 75.1 cm³/mol. The van der Waals surface area contributed by atoms with Gasteiger partial charge in [0.2, 0.25) is 0 Å². The van der Waals surface area contributed by atoms with Crippen LogP contribution in [0.15, 0.2) is 24.3 Å². The van der Waals surface area contributed by atoms with Gasteiger partial charge in [0.25, 0.3) is 0 Å². The highest BCUT2D eigenvalue weighted by atomic mass is 16.5. The lowest BCUT2D eigenvalue weighted by atomic mass is 9.95. The van der Waals surface area contributed by atoms with Gasteiger partial charge in [-0.3, -0.25) is 4.79 Å². The molecule has 0 bridgehead atoms. The molecule has 0 aromatic heterocycles. The molecule has 0 aliphatic heterocycles. The van der Waals surface area contributed by atoms with Crippen molar-refractivity contribution in [2.24, 2.45) is 5.92 Å². The van der Waals surface area contributed by atoms with Crippen molar-refractivity contribution in [1.29, 1.82) is 0 Å². The Morgan fingerprint density at radius 2 is 1.67 bits per heavy atom. The largest absolute Gasteiger partial charge is 0.370 e. The Labute approximate surface area is 110 Å². The third-order valence-corrected chi connectivity index (χ3v) is 3.07. The number of carbonyl (C=O) groups is 1. The lowest BCUT2D eigenvalue weighted by Gasteiger charge is -2.19. The van der Waals surface area contributed by atoms with Crippen molar-refractivity contribution in [3.63, 3.8) is 0 Å². The average molecular weight is 248 g/mol. The number of hydrogen-bond donors (Lipinski definition) is 0. The molecule has 1 atom stereocenters. The van der Waals surface area contributed by atoms with Crippen molar-refractivity contribution in [1.82, 2.24) is 0 Å². The maximum atomic E-state index is 12.3. The zero-order valence-corrected chi connectivity index (χ0v) is 12.1. The summed E-state index contributed by atoms with van der Waals surface area (Å²) in [5, 5.41) is 0. The normalized spacial score (nSPS) is 13.1. The molecular weight excluding hydrogens is 224 g/mol. The second kappa shape index (κ2) is 6.69. The monoisotopic (exact) mass is 248 g/mol. The molecular formula is C16H24O2. The summed E-state index contributed by atoms with van der Waals surface area (Å²) in [6, 6.07) is 7.88. The quantitative estimate of drug-likeness (QED) is 0.710. The van der Waals surface area contributed by atoms with Crippen LogP contribution in [0.2, 0.25) is 0 Å². The van der Waals surface area contributed by atoms with E-state index in [2.05, 4.69) is 13.8 Å². The van der Waals surface area contributed by atoms with Crippen molar-refractivity contribution in [3.8, 4) is 0 Å². The first-order chi connectivity index (χ1) is 8.47. The van der Waals surface area contributed by atoms with E-state index < -0.39 is 0 Å². The topological polar surface area (TPSA) is 26.3 Å². The average Bonchev–Trinajstić information content (AvgIpc) is 2.35. The molecule has 0 amide bonds. The number of ether oxygens (including phenoxy) is 1. The van der Waals surface area contributed by atoms with Gasteiger partial charge >= 0.3 is 0 Å². The molecule has 1 unspecified atom stereocenters. The lowest BCUT2D eigenvalue weighted by molar-refractivity contribution is 0.0279. The summed E-state index contributed by atoms with van der Waals surface area (Å²) in [5.74, 6) is 0.770. The summed E-state index contributed by atoms with van der Waals surface area (Å²) >= 11 is 0. The molecule has 1 aromatic carbocycles. The van der Waals surface area contributed by atoms with Crippen LogP contribution in [0.25, 0.3) is 0 Å². The van der Waals surface area contributed by atoms with Gasteiger partial charge in [0.15, 0.2) is 5.78 Å². The molecule has 0 radical (unpaired) electrons. The van der Waals surface area contributed by atoms with Gasteiger partial charge in [-0.05, 0) is 24.3 Å². The van der Waals surface area contributed by atoms with Crippen molar-refractivity contribution in [2.45, 2.75) is 46.6 Å². The third-order valence-electron chi connectivity index (χ3n) is 3.07. The maximum Gasteiger partial charge on any atom is 0.191 e. The van der Waals surface area contributed by atoms with Gasteiger partial charge in [0, 0.05) is 12.2 Å². The zero-order valence-electron chi connectivity index (χ0n) is 12.1. The van der Waals surface area contributed by atoms with Crippen molar-refractivity contribution in [3.05, 3.63) is 35.4 Å². The van der Waals surface area contributed by atoms with E-state index >= 15 is 0 Å². The first-order valence-corrected chi connectivity index (χ1v) is 6.73. The molecule has 0 heterocycles. The van der Waals surface area contributed by atoms with Crippen molar-refractivity contribution in [2.75, 3.05) is 6.61 Å². The molecule has 0 fully saturated rings. The number of hydrogen-bond acceptors (Lipinski definition) is 2. The summed E-state index contributed by atoms with van der Waals surface area (Å²) in [6.07, 6.45) is -0.333. The summed E-state index contributed by atoms with van der Waals surface area (Å²) in [7, 11) is 0. The highest BCUT2D eigenvalue weighted by Crippen LogP contribution is 2.18. The minimum atomic E-state index is -0.333. The molecule has 0 saturated heterocycles. The number of ketones is 1. The van der Waals surface area contributed by atoms with E-state index in [-0.39, 0.29) is 17.8 Å². The molecule has 1 aromatic rings. The number of Topliss-reactive ketones (excluding diaryl/α,β-unsaturated/α-hetero) is 1. The molecule has 0 aliphatic rings. The Bertz CT molecular complexity index is 377. The Morgan fingerprint density at radius 3 is 2.06 bits per heavy atom. The Morgan fingerprint density at radius 1 is 1.11 bits per heavy atom. The summed E-state index contributed by atoms with van der Waals surface area (Å²) in [4.78, 5) is 12.3. The fraction of sp³-hybridized carbons (Fsp3) is 0.562. The van der Waals surface area contributed by atoms with Crippen molar-refractivity contribution >= 4 is 5.78 Å². The van der Waals surface area contributed by atoms with Crippen LogP contribution in [-0.4, -0.2) is 18.5 Å². The van der Waals surface area contributed by atoms with Gasteiger partial charge in [-0.2, -0.15) is 0 Å². The van der Waals surface area contributed by atoms with E-state index in [1.807, 2.05) is 45.0 Å². The van der Waals surface area contributed by atoms with E-state index in [1.54, 1.807) is 0 Å². The minimum absolute atomic E-state index is 0.0853. The van der Waals surface area contributed by atoms with Gasteiger partial charge in [0.05, 0.1) is 0 Å². The number of rotatable bonds is 6. The highest BCUT2D eigenvalue weighted by Gasteiger charge is 2.23. The van der Waals surface area contributed by atoms with Crippen LogP contribution < -0.4 is 0 Å². The van der Waals surface area contributed by atoms with Gasteiger partial charge in [-0.25, -0.2) is 0 Å². The Balaban J connectivity index is 2.88. The fourth-order valence-electron chi connectivity index (χ4n) is 1.95. The van der Waals surface area contributed by atoms with Gasteiger partial charge in [-0.1, -0.05) is 52.0 Å². The van der Waals surface area contributed by atoms with E-state index in [9.17, 15) is 4.79 Å². The molecule has 0 aliphatic carbocycles. The zero-order chi connectivity index (χ0) is 13.7. The SMILES string of the molecule is CCOC(C(=O)c1ccc(C(C)C)cc1)C(C)C. The lowest BCUT2D eigenvalue weighted by Crippen LogP contribution is -2.29. The van der Waals surface area contributed by atoms with Crippen LogP contribution in [0.5, 0.6) is 0 Å². The summed E-state index contributed by atoms with van der Waals surface area (Å²) in [6.45, 7) is 10.8. The van der Waals surface area contributed by atoms with Crippen LogP contribution in [-0.2, 0) is 4.74 Å².